The summed E-state index contributed by atoms with van der Waals surface area (Å²) < 4.78 is 14.7. The number of benzene rings is 1. The predicted octanol–water partition coefficient (Wildman–Crippen LogP) is 2.46. The molecule has 22 heavy (non-hydrogen) atoms. The van der Waals surface area contributed by atoms with E-state index in [0.717, 1.165) is 16.6 Å². The molecule has 0 spiro atoms. The Bertz CT molecular complexity index is 1050. The Morgan fingerprint density at radius 2 is 2.14 bits per heavy atom. The van der Waals surface area contributed by atoms with E-state index in [2.05, 4.69) is 15.0 Å². The normalized spacial score (nSPS) is 11.3. The molecule has 108 valence electrons. The summed E-state index contributed by atoms with van der Waals surface area (Å²) in [4.78, 5) is 23.8. The van der Waals surface area contributed by atoms with Gasteiger partial charge in [0, 0.05) is 22.8 Å². The lowest BCUT2D eigenvalue weighted by Gasteiger charge is -2.04. The van der Waals surface area contributed by atoms with Crippen LogP contribution in [-0.4, -0.2) is 19.5 Å². The lowest BCUT2D eigenvalue weighted by Crippen LogP contribution is -2.21. The summed E-state index contributed by atoms with van der Waals surface area (Å²) in [5, 5.41) is 1.31. The molecule has 0 bridgehead atoms. The van der Waals surface area contributed by atoms with Crippen LogP contribution in [0.15, 0.2) is 53.8 Å². The summed E-state index contributed by atoms with van der Waals surface area (Å²) >= 11 is 0. The van der Waals surface area contributed by atoms with Gasteiger partial charge in [-0.25, -0.2) is 9.37 Å². The summed E-state index contributed by atoms with van der Waals surface area (Å²) in [7, 11) is 0. The molecule has 0 aliphatic heterocycles. The standard InChI is InChI=1S/C16H11FN4O/c17-11-1-2-14-10(5-11)6-12(20-14)8-21-9-19-15-7-18-4-3-13(15)16(21)22/h1-7,9,20H,8H2. The minimum absolute atomic E-state index is 0.128. The molecule has 0 radical (unpaired) electrons. The topological polar surface area (TPSA) is 63.6 Å². The zero-order valence-corrected chi connectivity index (χ0v) is 11.5. The number of halogens is 1. The molecule has 3 heterocycles. The van der Waals surface area contributed by atoms with E-state index >= 15 is 0 Å². The third kappa shape index (κ3) is 2.05. The Morgan fingerprint density at radius 3 is 3.05 bits per heavy atom. The first kappa shape index (κ1) is 12.7. The highest BCUT2D eigenvalue weighted by Gasteiger charge is 2.07. The van der Waals surface area contributed by atoms with Crippen molar-refractivity contribution in [3.63, 3.8) is 0 Å². The second-order valence-corrected chi connectivity index (χ2v) is 5.10. The van der Waals surface area contributed by atoms with E-state index < -0.39 is 0 Å². The number of H-pyrrole nitrogens is 1. The monoisotopic (exact) mass is 294 g/mol. The summed E-state index contributed by atoms with van der Waals surface area (Å²) in [6.07, 6.45) is 4.63. The highest BCUT2D eigenvalue weighted by atomic mass is 19.1. The molecular formula is C16H11FN4O. The molecule has 5 nitrogen and oxygen atoms in total. The van der Waals surface area contributed by atoms with Crippen molar-refractivity contribution >= 4 is 21.8 Å². The maximum absolute atomic E-state index is 13.2. The second kappa shape index (κ2) is 4.77. The average Bonchev–Trinajstić information content (AvgIpc) is 2.92. The summed E-state index contributed by atoms with van der Waals surface area (Å²) in [5.41, 5.74) is 2.10. The highest BCUT2D eigenvalue weighted by Crippen LogP contribution is 2.17. The van der Waals surface area contributed by atoms with Crippen molar-refractivity contribution < 1.29 is 4.39 Å². The lowest BCUT2D eigenvalue weighted by molar-refractivity contribution is 0.630. The summed E-state index contributed by atoms with van der Waals surface area (Å²) in [6.45, 7) is 0.348. The predicted molar refractivity (Wildman–Crippen MR) is 81.2 cm³/mol. The Balaban J connectivity index is 1.78. The first-order valence-electron chi connectivity index (χ1n) is 6.77. The fraction of sp³-hybridized carbons (Fsp3) is 0.0625. The van der Waals surface area contributed by atoms with Crippen molar-refractivity contribution in [3.05, 3.63) is 70.9 Å². The van der Waals surface area contributed by atoms with Crippen LogP contribution in [0.4, 0.5) is 4.39 Å². The number of aromatic amines is 1. The van der Waals surface area contributed by atoms with Crippen molar-refractivity contribution in [2.75, 3.05) is 0 Å². The Labute approximate surface area is 124 Å². The largest absolute Gasteiger partial charge is 0.357 e. The van der Waals surface area contributed by atoms with Gasteiger partial charge in [-0.15, -0.1) is 0 Å². The molecule has 3 aromatic heterocycles. The minimum Gasteiger partial charge on any atom is -0.357 e. The van der Waals surface area contributed by atoms with Crippen LogP contribution < -0.4 is 5.56 Å². The Morgan fingerprint density at radius 1 is 1.23 bits per heavy atom. The number of hydrogen-bond acceptors (Lipinski definition) is 3. The van der Waals surface area contributed by atoms with Crippen molar-refractivity contribution in [2.45, 2.75) is 6.54 Å². The van der Waals surface area contributed by atoms with E-state index in [9.17, 15) is 9.18 Å². The van der Waals surface area contributed by atoms with Gasteiger partial charge in [-0.2, -0.15) is 0 Å². The van der Waals surface area contributed by atoms with Crippen LogP contribution in [0.2, 0.25) is 0 Å². The molecule has 0 amide bonds. The zero-order valence-electron chi connectivity index (χ0n) is 11.5. The molecule has 4 rings (SSSR count). The van der Waals surface area contributed by atoms with Crippen LogP contribution in [0.25, 0.3) is 21.8 Å². The van der Waals surface area contributed by atoms with E-state index in [1.165, 1.54) is 23.0 Å². The van der Waals surface area contributed by atoms with Crippen molar-refractivity contribution in [1.82, 2.24) is 19.5 Å². The van der Waals surface area contributed by atoms with Gasteiger partial charge in [0.15, 0.2) is 0 Å². The third-order valence-corrected chi connectivity index (χ3v) is 3.61. The number of nitrogens with zero attached hydrogens (tertiary/aromatic N) is 3. The Hall–Kier alpha value is -3.02. The van der Waals surface area contributed by atoms with Crippen molar-refractivity contribution in [3.8, 4) is 0 Å². The number of pyridine rings is 1. The molecule has 6 heteroatoms. The first-order valence-corrected chi connectivity index (χ1v) is 6.77. The number of aromatic nitrogens is 4. The molecule has 0 aliphatic rings. The third-order valence-electron chi connectivity index (χ3n) is 3.61. The van der Waals surface area contributed by atoms with Gasteiger partial charge < -0.3 is 4.98 Å². The summed E-state index contributed by atoms with van der Waals surface area (Å²) in [5.74, 6) is -0.282. The maximum Gasteiger partial charge on any atom is 0.261 e. The van der Waals surface area contributed by atoms with E-state index in [4.69, 9.17) is 0 Å². The van der Waals surface area contributed by atoms with Gasteiger partial charge in [-0.1, -0.05) is 0 Å². The van der Waals surface area contributed by atoms with E-state index in [1.54, 1.807) is 24.5 Å². The highest BCUT2D eigenvalue weighted by molar-refractivity contribution is 5.80. The van der Waals surface area contributed by atoms with Crippen LogP contribution in [0, 0.1) is 5.82 Å². The lowest BCUT2D eigenvalue weighted by atomic mass is 10.2. The van der Waals surface area contributed by atoms with Crippen LogP contribution in [0.5, 0.6) is 0 Å². The fourth-order valence-electron chi connectivity index (χ4n) is 2.55. The molecule has 0 fully saturated rings. The van der Waals surface area contributed by atoms with Gasteiger partial charge in [0.2, 0.25) is 0 Å². The molecule has 4 aromatic rings. The SMILES string of the molecule is O=c1c2ccncc2ncn1Cc1cc2cc(F)ccc2[nH]1. The number of rotatable bonds is 2. The molecule has 0 saturated carbocycles. The number of fused-ring (bicyclic) bond motifs is 2. The molecule has 0 aliphatic carbocycles. The second-order valence-electron chi connectivity index (χ2n) is 5.10. The van der Waals surface area contributed by atoms with E-state index in [1.807, 2.05) is 6.07 Å². The fourth-order valence-corrected chi connectivity index (χ4v) is 2.55. The quantitative estimate of drug-likeness (QED) is 0.617. The first-order chi connectivity index (χ1) is 10.7. The molecule has 1 N–H and O–H groups in total. The molecule has 0 saturated heterocycles. The zero-order chi connectivity index (χ0) is 15.1. The number of nitrogens with one attached hydrogen (secondary N) is 1. The van der Waals surface area contributed by atoms with Gasteiger partial charge in [-0.05, 0) is 30.3 Å². The van der Waals surface area contributed by atoms with E-state index in [-0.39, 0.29) is 11.4 Å². The van der Waals surface area contributed by atoms with Crippen molar-refractivity contribution in [2.24, 2.45) is 0 Å². The molecule has 0 unspecified atom stereocenters. The summed E-state index contributed by atoms with van der Waals surface area (Å²) in [6, 6.07) is 8.03. The van der Waals surface area contributed by atoms with Crippen molar-refractivity contribution in [1.29, 1.82) is 0 Å². The Kier molecular flexibility index (Phi) is 2.75. The number of hydrogen-bond donors (Lipinski definition) is 1. The molecule has 0 atom stereocenters. The van der Waals surface area contributed by atoms with Crippen LogP contribution in [0.1, 0.15) is 5.69 Å². The smallest absolute Gasteiger partial charge is 0.261 e. The molecular weight excluding hydrogens is 283 g/mol. The van der Waals surface area contributed by atoms with Gasteiger partial charge in [0.05, 0.1) is 30.0 Å². The van der Waals surface area contributed by atoms with Gasteiger partial charge >= 0.3 is 0 Å². The van der Waals surface area contributed by atoms with Gasteiger partial charge in [-0.3, -0.25) is 14.3 Å². The minimum atomic E-state index is -0.282. The van der Waals surface area contributed by atoms with Crippen LogP contribution in [-0.2, 0) is 6.54 Å². The van der Waals surface area contributed by atoms with Crippen LogP contribution in [0.3, 0.4) is 0 Å². The van der Waals surface area contributed by atoms with Gasteiger partial charge in [0.1, 0.15) is 5.82 Å². The molecule has 1 aromatic carbocycles. The maximum atomic E-state index is 13.2. The van der Waals surface area contributed by atoms with Crippen LogP contribution >= 0.6 is 0 Å². The van der Waals surface area contributed by atoms with Gasteiger partial charge in [0.25, 0.3) is 5.56 Å². The average molecular weight is 294 g/mol. The van der Waals surface area contributed by atoms with E-state index in [0.29, 0.717) is 17.4 Å².